The minimum atomic E-state index is 0.822. The zero-order chi connectivity index (χ0) is 9.68. The van der Waals surface area contributed by atoms with Crippen molar-refractivity contribution in [3.05, 3.63) is 0 Å². The van der Waals surface area contributed by atoms with Crippen LogP contribution in [0.25, 0.3) is 0 Å². The highest BCUT2D eigenvalue weighted by Gasteiger charge is 2.17. The van der Waals surface area contributed by atoms with Crippen LogP contribution in [0.5, 0.6) is 0 Å². The van der Waals surface area contributed by atoms with Crippen LogP contribution in [-0.4, -0.2) is 12.6 Å². The van der Waals surface area contributed by atoms with E-state index in [9.17, 15) is 0 Å². The first-order valence-electron chi connectivity index (χ1n) is 5.92. The van der Waals surface area contributed by atoms with E-state index in [1.165, 1.54) is 38.6 Å². The molecule has 0 aromatic carbocycles. The van der Waals surface area contributed by atoms with Crippen molar-refractivity contribution in [1.82, 2.24) is 5.32 Å². The van der Waals surface area contributed by atoms with E-state index in [1.807, 2.05) is 0 Å². The predicted molar refractivity (Wildman–Crippen MR) is 58.9 cm³/mol. The summed E-state index contributed by atoms with van der Waals surface area (Å²) in [5.41, 5.74) is 0. The number of hydrogen-bond acceptors (Lipinski definition) is 1. The molecule has 1 saturated carbocycles. The smallest absolute Gasteiger partial charge is 0.00696 e. The van der Waals surface area contributed by atoms with Crippen LogP contribution in [0.3, 0.4) is 0 Å². The Hall–Kier alpha value is -0.0400. The molecule has 13 heavy (non-hydrogen) atoms. The van der Waals surface area contributed by atoms with Crippen molar-refractivity contribution in [2.24, 2.45) is 11.8 Å². The lowest BCUT2D eigenvalue weighted by Crippen LogP contribution is -2.34. The standard InChI is InChI=1S/C12H25N/c1-10(2)7-8-13-12-6-4-5-11(3)9-12/h10-13H,4-9H2,1-3H3/t11-,12+/m1/s1. The summed E-state index contributed by atoms with van der Waals surface area (Å²) in [6.45, 7) is 8.20. The van der Waals surface area contributed by atoms with Crippen LogP contribution < -0.4 is 5.32 Å². The van der Waals surface area contributed by atoms with Crippen LogP contribution >= 0.6 is 0 Å². The van der Waals surface area contributed by atoms with Crippen LogP contribution in [0.2, 0.25) is 0 Å². The second-order valence-corrected chi connectivity index (χ2v) is 5.11. The topological polar surface area (TPSA) is 12.0 Å². The molecule has 1 rings (SSSR count). The molecule has 1 aliphatic carbocycles. The highest BCUT2D eigenvalue weighted by molar-refractivity contribution is 4.75. The molecule has 78 valence electrons. The third-order valence-corrected chi connectivity index (χ3v) is 3.09. The minimum Gasteiger partial charge on any atom is -0.314 e. The molecule has 2 atom stereocenters. The Morgan fingerprint density at radius 1 is 1.31 bits per heavy atom. The summed E-state index contributed by atoms with van der Waals surface area (Å²) in [7, 11) is 0. The number of nitrogens with one attached hydrogen (secondary N) is 1. The summed E-state index contributed by atoms with van der Waals surface area (Å²) in [4.78, 5) is 0. The largest absolute Gasteiger partial charge is 0.314 e. The van der Waals surface area contributed by atoms with Gasteiger partial charge in [-0.15, -0.1) is 0 Å². The summed E-state index contributed by atoms with van der Waals surface area (Å²) in [5.74, 6) is 1.79. The van der Waals surface area contributed by atoms with Crippen LogP contribution in [0, 0.1) is 11.8 Å². The molecular formula is C12H25N. The molecule has 1 aliphatic rings. The summed E-state index contributed by atoms with van der Waals surface area (Å²) in [6.07, 6.45) is 7.01. The second kappa shape index (κ2) is 5.64. The first kappa shape index (κ1) is 11.0. The van der Waals surface area contributed by atoms with Gasteiger partial charge in [0.25, 0.3) is 0 Å². The van der Waals surface area contributed by atoms with Crippen LogP contribution in [-0.2, 0) is 0 Å². The van der Waals surface area contributed by atoms with Crippen molar-refractivity contribution in [3.8, 4) is 0 Å². The van der Waals surface area contributed by atoms with E-state index in [0.717, 1.165) is 17.9 Å². The fourth-order valence-electron chi connectivity index (χ4n) is 2.20. The Bertz CT molecular complexity index is 131. The summed E-state index contributed by atoms with van der Waals surface area (Å²) in [6, 6.07) is 0.822. The van der Waals surface area contributed by atoms with Crippen molar-refractivity contribution in [2.75, 3.05) is 6.54 Å². The molecule has 0 aromatic heterocycles. The predicted octanol–water partition coefficient (Wildman–Crippen LogP) is 3.20. The maximum absolute atomic E-state index is 3.68. The molecule has 0 amide bonds. The van der Waals surface area contributed by atoms with E-state index in [4.69, 9.17) is 0 Å². The molecule has 1 heteroatoms. The summed E-state index contributed by atoms with van der Waals surface area (Å²) >= 11 is 0. The van der Waals surface area contributed by atoms with Crippen molar-refractivity contribution in [2.45, 2.75) is 58.9 Å². The molecule has 1 N–H and O–H groups in total. The molecular weight excluding hydrogens is 158 g/mol. The quantitative estimate of drug-likeness (QED) is 0.706. The Morgan fingerprint density at radius 3 is 2.69 bits per heavy atom. The monoisotopic (exact) mass is 183 g/mol. The number of rotatable bonds is 4. The van der Waals surface area contributed by atoms with Gasteiger partial charge in [-0.05, 0) is 37.6 Å². The fraction of sp³-hybridized carbons (Fsp3) is 1.00. The molecule has 0 spiro atoms. The van der Waals surface area contributed by atoms with Crippen LogP contribution in [0.1, 0.15) is 52.9 Å². The molecule has 0 radical (unpaired) electrons. The van der Waals surface area contributed by atoms with Gasteiger partial charge in [-0.2, -0.15) is 0 Å². The third-order valence-electron chi connectivity index (χ3n) is 3.09. The first-order valence-corrected chi connectivity index (χ1v) is 5.92. The Morgan fingerprint density at radius 2 is 2.08 bits per heavy atom. The van der Waals surface area contributed by atoms with Gasteiger partial charge in [-0.25, -0.2) is 0 Å². The lowest BCUT2D eigenvalue weighted by atomic mass is 9.87. The van der Waals surface area contributed by atoms with Crippen molar-refractivity contribution >= 4 is 0 Å². The average molecular weight is 183 g/mol. The van der Waals surface area contributed by atoms with Gasteiger partial charge in [0.2, 0.25) is 0 Å². The normalized spacial score (nSPS) is 29.5. The third kappa shape index (κ3) is 4.66. The molecule has 1 nitrogen and oxygen atoms in total. The van der Waals surface area contributed by atoms with E-state index in [0.29, 0.717) is 0 Å². The van der Waals surface area contributed by atoms with Gasteiger partial charge in [-0.3, -0.25) is 0 Å². The molecule has 0 aliphatic heterocycles. The lowest BCUT2D eigenvalue weighted by Gasteiger charge is -2.27. The lowest BCUT2D eigenvalue weighted by molar-refractivity contribution is 0.297. The minimum absolute atomic E-state index is 0.822. The molecule has 0 saturated heterocycles. The SMILES string of the molecule is CC(C)CCN[C@H]1CCC[C@@H](C)C1. The Balaban J connectivity index is 2.06. The van der Waals surface area contributed by atoms with Crippen molar-refractivity contribution in [3.63, 3.8) is 0 Å². The Labute approximate surface area is 83.3 Å². The molecule has 0 unspecified atom stereocenters. The average Bonchev–Trinajstić information content (AvgIpc) is 2.03. The maximum atomic E-state index is 3.68. The van der Waals surface area contributed by atoms with Crippen LogP contribution in [0.4, 0.5) is 0 Å². The van der Waals surface area contributed by atoms with E-state index >= 15 is 0 Å². The van der Waals surface area contributed by atoms with E-state index in [1.54, 1.807) is 0 Å². The van der Waals surface area contributed by atoms with Gasteiger partial charge in [0.1, 0.15) is 0 Å². The maximum Gasteiger partial charge on any atom is 0.00696 e. The van der Waals surface area contributed by atoms with Gasteiger partial charge < -0.3 is 5.32 Å². The summed E-state index contributed by atoms with van der Waals surface area (Å²) in [5, 5.41) is 3.68. The highest BCUT2D eigenvalue weighted by Crippen LogP contribution is 2.23. The van der Waals surface area contributed by atoms with Gasteiger partial charge in [-0.1, -0.05) is 33.6 Å². The molecule has 0 aromatic rings. The van der Waals surface area contributed by atoms with Gasteiger partial charge in [0.15, 0.2) is 0 Å². The van der Waals surface area contributed by atoms with Gasteiger partial charge in [0.05, 0.1) is 0 Å². The van der Waals surface area contributed by atoms with Gasteiger partial charge >= 0.3 is 0 Å². The van der Waals surface area contributed by atoms with E-state index in [-0.39, 0.29) is 0 Å². The second-order valence-electron chi connectivity index (χ2n) is 5.11. The van der Waals surface area contributed by atoms with Crippen molar-refractivity contribution in [1.29, 1.82) is 0 Å². The summed E-state index contributed by atoms with van der Waals surface area (Å²) < 4.78 is 0. The highest BCUT2D eigenvalue weighted by atomic mass is 14.9. The Kier molecular flexibility index (Phi) is 4.79. The van der Waals surface area contributed by atoms with Gasteiger partial charge in [0, 0.05) is 6.04 Å². The first-order chi connectivity index (χ1) is 6.18. The molecule has 0 bridgehead atoms. The van der Waals surface area contributed by atoms with Crippen LogP contribution in [0.15, 0.2) is 0 Å². The molecule has 0 heterocycles. The van der Waals surface area contributed by atoms with E-state index < -0.39 is 0 Å². The zero-order valence-electron chi connectivity index (χ0n) is 9.47. The number of hydrogen-bond donors (Lipinski definition) is 1. The molecule has 1 fully saturated rings. The fourth-order valence-corrected chi connectivity index (χ4v) is 2.20. The van der Waals surface area contributed by atoms with E-state index in [2.05, 4.69) is 26.1 Å². The van der Waals surface area contributed by atoms with Crippen molar-refractivity contribution < 1.29 is 0 Å². The zero-order valence-corrected chi connectivity index (χ0v) is 9.47.